The Bertz CT molecular complexity index is 1600. The molecule has 0 aliphatic carbocycles. The number of aromatic amines is 1. The third-order valence-electron chi connectivity index (χ3n) is 9.29. The highest BCUT2D eigenvalue weighted by Crippen LogP contribution is 2.29. The fraction of sp³-hybridized carbons (Fsp3) is 0.500. The summed E-state index contributed by atoms with van der Waals surface area (Å²) in [6.07, 6.45) is 4.17. The summed E-state index contributed by atoms with van der Waals surface area (Å²) in [5.74, 6) is -2.25. The van der Waals surface area contributed by atoms with E-state index in [4.69, 9.17) is 5.73 Å². The van der Waals surface area contributed by atoms with Crippen LogP contribution in [-0.2, 0) is 36.8 Å². The molecule has 3 aromatic rings. The Morgan fingerprint density at radius 3 is 2.43 bits per heavy atom. The van der Waals surface area contributed by atoms with E-state index in [1.165, 1.54) is 0 Å². The van der Waals surface area contributed by atoms with E-state index in [0.29, 0.717) is 25.9 Å². The molecule has 1 saturated heterocycles. The normalized spacial score (nSPS) is 18.5. The molecule has 0 bridgehead atoms. The summed E-state index contributed by atoms with van der Waals surface area (Å²) in [5, 5.41) is 9.73. The van der Waals surface area contributed by atoms with E-state index < -0.39 is 41.3 Å². The summed E-state index contributed by atoms with van der Waals surface area (Å²) < 4.78 is 0. The first-order chi connectivity index (χ1) is 23.4. The summed E-state index contributed by atoms with van der Waals surface area (Å²) in [4.78, 5) is 74.2. The van der Waals surface area contributed by atoms with Crippen molar-refractivity contribution in [3.05, 3.63) is 71.9 Å². The van der Waals surface area contributed by atoms with Gasteiger partial charge in [-0.15, -0.1) is 0 Å². The van der Waals surface area contributed by atoms with Crippen molar-refractivity contribution in [1.82, 2.24) is 25.8 Å². The predicted octanol–water partition coefficient (Wildman–Crippen LogP) is 3.76. The molecule has 0 saturated carbocycles. The molecule has 49 heavy (non-hydrogen) atoms. The molecule has 1 aliphatic heterocycles. The first kappa shape index (κ1) is 37.3. The van der Waals surface area contributed by atoms with Crippen LogP contribution in [0.1, 0.15) is 77.3 Å². The number of unbranched alkanes of at least 4 members (excludes halogenated alkanes) is 1. The fourth-order valence-corrected chi connectivity index (χ4v) is 6.30. The van der Waals surface area contributed by atoms with E-state index in [0.717, 1.165) is 33.4 Å². The molecule has 5 amide bonds. The molecule has 0 spiro atoms. The van der Waals surface area contributed by atoms with Gasteiger partial charge in [-0.25, -0.2) is 0 Å². The molecule has 11 heteroatoms. The van der Waals surface area contributed by atoms with Crippen LogP contribution in [0, 0.1) is 11.3 Å². The standard InChI is InChI=1S/C38H52N6O5/c1-5-25(2)23-41-35(47)30(20-27-24-40-29-16-10-9-15-28(27)29)43-36(48)32(17-11-12-18-39)44-34(46)22-38(3,4)21-33(45)42-31(37(44)49)19-26-13-7-6-8-14-26/h6-10,13-16,24-25,30-32,40H,5,11-12,17-23,39H2,1-4H3,(H,41,47)(H,42,45)(H,43,48)/t25?,30-,31-,32-/m0/s1. The van der Waals surface area contributed by atoms with Crippen LogP contribution in [0.25, 0.3) is 10.9 Å². The third kappa shape index (κ3) is 10.2. The highest BCUT2D eigenvalue weighted by Gasteiger charge is 2.43. The highest BCUT2D eigenvalue weighted by atomic mass is 16.2. The van der Waals surface area contributed by atoms with Crippen LogP contribution in [0.3, 0.4) is 0 Å². The van der Waals surface area contributed by atoms with E-state index in [-0.39, 0.29) is 49.8 Å². The summed E-state index contributed by atoms with van der Waals surface area (Å²) in [5.41, 5.74) is 7.59. The minimum absolute atomic E-state index is 0.0399. The van der Waals surface area contributed by atoms with Gasteiger partial charge in [0.2, 0.25) is 23.6 Å². The lowest BCUT2D eigenvalue weighted by molar-refractivity contribution is -0.154. The van der Waals surface area contributed by atoms with Crippen LogP contribution >= 0.6 is 0 Å². The molecular weight excluding hydrogens is 620 g/mol. The number of para-hydroxylation sites is 1. The van der Waals surface area contributed by atoms with Crippen molar-refractivity contribution in [3.63, 3.8) is 0 Å². The quantitative estimate of drug-likeness (QED) is 0.122. The van der Waals surface area contributed by atoms with Crippen LogP contribution in [0.15, 0.2) is 60.8 Å². The number of carbonyl (C=O) groups is 5. The zero-order valence-corrected chi connectivity index (χ0v) is 29.2. The van der Waals surface area contributed by atoms with Crippen LogP contribution in [-0.4, -0.2) is 70.6 Å². The number of fused-ring (bicyclic) bond motifs is 1. The molecule has 11 nitrogen and oxygen atoms in total. The van der Waals surface area contributed by atoms with Crippen molar-refractivity contribution in [3.8, 4) is 0 Å². The number of nitrogens with two attached hydrogens (primary N) is 1. The maximum absolute atomic E-state index is 14.4. The zero-order valence-electron chi connectivity index (χ0n) is 29.2. The number of carbonyl (C=O) groups excluding carboxylic acids is 5. The van der Waals surface area contributed by atoms with Crippen molar-refractivity contribution in [1.29, 1.82) is 0 Å². The molecule has 2 heterocycles. The molecule has 1 unspecified atom stereocenters. The second-order valence-electron chi connectivity index (χ2n) is 14.1. The maximum Gasteiger partial charge on any atom is 0.252 e. The van der Waals surface area contributed by atoms with E-state index in [2.05, 4.69) is 20.9 Å². The second-order valence-corrected chi connectivity index (χ2v) is 14.1. The molecule has 264 valence electrons. The number of nitrogens with zero attached hydrogens (tertiary/aromatic N) is 1. The third-order valence-corrected chi connectivity index (χ3v) is 9.29. The Hall–Kier alpha value is -4.51. The van der Waals surface area contributed by atoms with Gasteiger partial charge in [-0.05, 0) is 54.3 Å². The van der Waals surface area contributed by atoms with Gasteiger partial charge in [0, 0.05) is 49.3 Å². The van der Waals surface area contributed by atoms with E-state index in [1.54, 1.807) is 13.8 Å². The van der Waals surface area contributed by atoms with Gasteiger partial charge in [-0.2, -0.15) is 0 Å². The number of amides is 5. The Morgan fingerprint density at radius 2 is 1.71 bits per heavy atom. The van der Waals surface area contributed by atoms with Gasteiger partial charge < -0.3 is 26.7 Å². The van der Waals surface area contributed by atoms with E-state index >= 15 is 0 Å². The number of H-pyrrole nitrogens is 1. The molecule has 2 aromatic carbocycles. The van der Waals surface area contributed by atoms with Crippen LogP contribution in [0.5, 0.6) is 0 Å². The smallest absolute Gasteiger partial charge is 0.252 e. The molecule has 4 rings (SSSR count). The number of imide groups is 1. The summed E-state index contributed by atoms with van der Waals surface area (Å²) >= 11 is 0. The van der Waals surface area contributed by atoms with Crippen molar-refractivity contribution >= 4 is 40.4 Å². The molecule has 1 fully saturated rings. The molecule has 1 aliphatic rings. The van der Waals surface area contributed by atoms with Crippen molar-refractivity contribution < 1.29 is 24.0 Å². The Labute approximate surface area is 289 Å². The average Bonchev–Trinajstić information content (AvgIpc) is 3.48. The first-order valence-electron chi connectivity index (χ1n) is 17.4. The monoisotopic (exact) mass is 672 g/mol. The van der Waals surface area contributed by atoms with Crippen LogP contribution < -0.4 is 21.7 Å². The minimum atomic E-state index is -1.22. The predicted molar refractivity (Wildman–Crippen MR) is 190 cm³/mol. The number of benzene rings is 2. The molecule has 4 atom stereocenters. The zero-order chi connectivity index (χ0) is 35.6. The Kier molecular flexibility index (Phi) is 13.1. The lowest BCUT2D eigenvalue weighted by atomic mass is 9.84. The van der Waals surface area contributed by atoms with Crippen molar-refractivity contribution in [2.75, 3.05) is 13.1 Å². The van der Waals surface area contributed by atoms with Crippen molar-refractivity contribution in [2.45, 2.75) is 97.2 Å². The topological polar surface area (TPSA) is 166 Å². The van der Waals surface area contributed by atoms with Crippen LogP contribution in [0.2, 0.25) is 0 Å². The molecule has 1 aromatic heterocycles. The van der Waals surface area contributed by atoms with Crippen LogP contribution in [0.4, 0.5) is 0 Å². The number of nitrogens with one attached hydrogen (secondary N) is 4. The van der Waals surface area contributed by atoms with Gasteiger partial charge in [-0.3, -0.25) is 28.9 Å². The van der Waals surface area contributed by atoms with Gasteiger partial charge in [0.25, 0.3) is 5.91 Å². The highest BCUT2D eigenvalue weighted by molar-refractivity contribution is 6.05. The van der Waals surface area contributed by atoms with Gasteiger partial charge in [0.05, 0.1) is 0 Å². The number of hydrogen-bond acceptors (Lipinski definition) is 6. The summed E-state index contributed by atoms with van der Waals surface area (Å²) in [6.45, 7) is 8.49. The Balaban J connectivity index is 1.71. The lowest BCUT2D eigenvalue weighted by Crippen LogP contribution is -2.60. The number of aromatic nitrogens is 1. The SMILES string of the molecule is CCC(C)CNC(=O)[C@H](Cc1c[nH]c2ccccc12)NC(=O)[C@H](CCCCN)N1C(=O)CC(C)(C)CC(=O)N[C@@H](Cc2ccccc2)C1=O. The summed E-state index contributed by atoms with van der Waals surface area (Å²) in [6, 6.07) is 13.7. The van der Waals surface area contributed by atoms with Gasteiger partial charge >= 0.3 is 0 Å². The number of rotatable bonds is 15. The van der Waals surface area contributed by atoms with E-state index in [9.17, 15) is 24.0 Å². The maximum atomic E-state index is 14.4. The second kappa shape index (κ2) is 17.2. The minimum Gasteiger partial charge on any atom is -0.361 e. The van der Waals surface area contributed by atoms with E-state index in [1.807, 2.05) is 74.6 Å². The lowest BCUT2D eigenvalue weighted by Gasteiger charge is -2.34. The van der Waals surface area contributed by atoms with Crippen molar-refractivity contribution in [2.24, 2.45) is 17.1 Å². The average molecular weight is 673 g/mol. The molecule has 6 N–H and O–H groups in total. The fourth-order valence-electron chi connectivity index (χ4n) is 6.30. The number of hydrogen-bond donors (Lipinski definition) is 5. The largest absolute Gasteiger partial charge is 0.361 e. The first-order valence-corrected chi connectivity index (χ1v) is 17.4. The summed E-state index contributed by atoms with van der Waals surface area (Å²) in [7, 11) is 0. The molecule has 0 radical (unpaired) electrons. The molecular formula is C38H52N6O5. The van der Waals surface area contributed by atoms with Gasteiger partial charge in [-0.1, -0.05) is 82.6 Å². The van der Waals surface area contributed by atoms with Gasteiger partial charge in [0.15, 0.2) is 0 Å². The Morgan fingerprint density at radius 1 is 1.00 bits per heavy atom. The van der Waals surface area contributed by atoms with Gasteiger partial charge in [0.1, 0.15) is 18.1 Å².